The Morgan fingerprint density at radius 2 is 2.16 bits per heavy atom. The lowest BCUT2D eigenvalue weighted by atomic mass is 10.1. The molecule has 1 heterocycles. The summed E-state index contributed by atoms with van der Waals surface area (Å²) in [7, 11) is -3.57. The molecule has 0 spiro atoms. The van der Waals surface area contributed by atoms with Crippen molar-refractivity contribution < 1.29 is 23.1 Å². The van der Waals surface area contributed by atoms with E-state index in [1.807, 2.05) is 0 Å². The summed E-state index contributed by atoms with van der Waals surface area (Å²) in [6, 6.07) is 2.35. The van der Waals surface area contributed by atoms with Gasteiger partial charge in [0.25, 0.3) is 0 Å². The predicted octanol–water partition coefficient (Wildman–Crippen LogP) is 1.22. The van der Waals surface area contributed by atoms with Crippen molar-refractivity contribution in [2.45, 2.75) is 4.90 Å². The van der Waals surface area contributed by atoms with E-state index in [-0.39, 0.29) is 26.9 Å². The average Bonchev–Trinajstić information content (AvgIpc) is 2.79. The Morgan fingerprint density at radius 1 is 1.47 bits per heavy atom. The highest BCUT2D eigenvalue weighted by atomic mass is 35.5. The fraction of sp³-hybridized carbons (Fsp3) is 0.273. The molecule has 1 aliphatic heterocycles. The molecule has 0 fully saturated rings. The van der Waals surface area contributed by atoms with E-state index in [0.717, 1.165) is 12.3 Å². The summed E-state index contributed by atoms with van der Waals surface area (Å²) in [6.45, 7) is 0.693. The summed E-state index contributed by atoms with van der Waals surface area (Å²) in [5, 5.41) is 8.83. The van der Waals surface area contributed by atoms with Crippen molar-refractivity contribution in [1.29, 1.82) is 0 Å². The van der Waals surface area contributed by atoms with Gasteiger partial charge in [-0.2, -0.15) is 0 Å². The molecule has 0 saturated heterocycles. The minimum atomic E-state index is -3.57. The number of aliphatic imine (C=N–C) groups is 1. The molecule has 0 unspecified atom stereocenters. The lowest BCUT2D eigenvalue weighted by Crippen LogP contribution is -2.13. The van der Waals surface area contributed by atoms with E-state index in [0.29, 0.717) is 13.2 Å². The summed E-state index contributed by atoms with van der Waals surface area (Å²) in [4.78, 5) is 14.9. The maximum absolute atomic E-state index is 11.7. The Balaban J connectivity index is 2.77. The van der Waals surface area contributed by atoms with Gasteiger partial charge in [0.15, 0.2) is 9.84 Å². The van der Waals surface area contributed by atoms with E-state index in [9.17, 15) is 13.2 Å². The van der Waals surface area contributed by atoms with Gasteiger partial charge in [0.05, 0.1) is 27.6 Å². The first-order chi connectivity index (χ1) is 8.82. The van der Waals surface area contributed by atoms with Crippen molar-refractivity contribution in [3.63, 3.8) is 0 Å². The summed E-state index contributed by atoms with van der Waals surface area (Å²) in [6.07, 6.45) is 1.01. The molecule has 1 aromatic carbocycles. The number of aromatic carboxylic acids is 1. The van der Waals surface area contributed by atoms with E-state index in [1.54, 1.807) is 0 Å². The molecule has 19 heavy (non-hydrogen) atoms. The van der Waals surface area contributed by atoms with E-state index >= 15 is 0 Å². The van der Waals surface area contributed by atoms with E-state index in [2.05, 4.69) is 4.99 Å². The largest absolute Gasteiger partial charge is 0.478 e. The molecular weight excluding hydrogens is 294 g/mol. The summed E-state index contributed by atoms with van der Waals surface area (Å²) >= 11 is 5.99. The Labute approximate surface area is 114 Å². The number of benzene rings is 1. The highest BCUT2D eigenvalue weighted by Crippen LogP contribution is 2.30. The first-order valence-corrected chi connectivity index (χ1v) is 7.53. The van der Waals surface area contributed by atoms with Gasteiger partial charge in [-0.05, 0) is 12.1 Å². The van der Waals surface area contributed by atoms with Crippen molar-refractivity contribution in [3.05, 3.63) is 28.3 Å². The van der Waals surface area contributed by atoms with Crippen LogP contribution >= 0.6 is 11.6 Å². The molecule has 0 radical (unpaired) electrons. The Kier molecular flexibility index (Phi) is 3.51. The average molecular weight is 304 g/mol. The van der Waals surface area contributed by atoms with Gasteiger partial charge in [-0.15, -0.1) is 0 Å². The second-order valence-corrected chi connectivity index (χ2v) is 6.28. The lowest BCUT2D eigenvalue weighted by molar-refractivity contribution is 0.0697. The third-order valence-electron chi connectivity index (χ3n) is 2.53. The van der Waals surface area contributed by atoms with E-state index in [1.165, 1.54) is 6.07 Å². The minimum absolute atomic E-state index is 0.0153. The molecule has 0 atom stereocenters. The first kappa shape index (κ1) is 13.8. The molecule has 6 nitrogen and oxygen atoms in total. The molecule has 1 aliphatic rings. The highest BCUT2D eigenvalue weighted by molar-refractivity contribution is 7.90. The third kappa shape index (κ3) is 2.57. The van der Waals surface area contributed by atoms with Crippen LogP contribution in [0.4, 0.5) is 0 Å². The number of hydrogen-bond donors (Lipinski definition) is 1. The van der Waals surface area contributed by atoms with Gasteiger partial charge < -0.3 is 9.84 Å². The molecule has 0 aromatic heterocycles. The number of nitrogens with zero attached hydrogens (tertiary/aromatic N) is 1. The van der Waals surface area contributed by atoms with Crippen LogP contribution in [0.25, 0.3) is 0 Å². The quantitative estimate of drug-likeness (QED) is 0.906. The van der Waals surface area contributed by atoms with E-state index in [4.69, 9.17) is 21.4 Å². The normalized spacial score (nSPS) is 14.9. The van der Waals surface area contributed by atoms with Gasteiger partial charge in [-0.25, -0.2) is 18.2 Å². The smallest absolute Gasteiger partial charge is 0.337 e. The van der Waals surface area contributed by atoms with Crippen molar-refractivity contribution in [2.75, 3.05) is 19.4 Å². The maximum Gasteiger partial charge on any atom is 0.337 e. The summed E-state index contributed by atoms with van der Waals surface area (Å²) in [5.41, 5.74) is -0.177. The van der Waals surface area contributed by atoms with Crippen molar-refractivity contribution in [1.82, 2.24) is 0 Å². The zero-order chi connectivity index (χ0) is 14.2. The molecular formula is C11H10ClNO5S. The Hall–Kier alpha value is -1.60. The number of carboxylic acid groups (broad SMARTS) is 1. The van der Waals surface area contributed by atoms with Crippen molar-refractivity contribution in [2.24, 2.45) is 4.99 Å². The highest BCUT2D eigenvalue weighted by Gasteiger charge is 2.27. The van der Waals surface area contributed by atoms with Crippen LogP contribution in [0.5, 0.6) is 0 Å². The van der Waals surface area contributed by atoms with Gasteiger partial charge in [-0.3, -0.25) is 0 Å². The standard InChI is InChI=1S/C11H10ClNO5S/c1-19(16,17)7-3-2-6(11(14)15)9(12)8(7)10-13-4-5-18-10/h2-3H,4-5H2,1H3,(H,14,15). The van der Waals surface area contributed by atoms with Gasteiger partial charge in [0.2, 0.25) is 5.90 Å². The SMILES string of the molecule is CS(=O)(=O)c1ccc(C(=O)O)c(Cl)c1C1=NCCO1. The van der Waals surface area contributed by atoms with Crippen LogP contribution in [0.3, 0.4) is 0 Å². The number of carbonyl (C=O) groups is 1. The van der Waals surface area contributed by atoms with Gasteiger partial charge in [-0.1, -0.05) is 11.6 Å². The number of hydrogen-bond acceptors (Lipinski definition) is 5. The molecule has 0 saturated carbocycles. The molecule has 0 bridgehead atoms. The molecule has 2 rings (SSSR count). The number of ether oxygens (including phenoxy) is 1. The topological polar surface area (TPSA) is 93.0 Å². The molecule has 8 heteroatoms. The van der Waals surface area contributed by atoms with Gasteiger partial charge in [0, 0.05) is 6.26 Å². The maximum atomic E-state index is 11.7. The van der Waals surface area contributed by atoms with Crippen molar-refractivity contribution >= 4 is 33.3 Å². The van der Waals surface area contributed by atoms with Crippen LogP contribution < -0.4 is 0 Å². The monoisotopic (exact) mass is 303 g/mol. The van der Waals surface area contributed by atoms with Gasteiger partial charge >= 0.3 is 5.97 Å². The predicted molar refractivity (Wildman–Crippen MR) is 68.9 cm³/mol. The first-order valence-electron chi connectivity index (χ1n) is 5.26. The van der Waals surface area contributed by atoms with Crippen LogP contribution in [-0.4, -0.2) is 44.8 Å². The van der Waals surface area contributed by atoms with Crippen molar-refractivity contribution in [3.8, 4) is 0 Å². The Bertz CT molecular complexity index is 681. The van der Waals surface area contributed by atoms with Crippen LogP contribution in [0, 0.1) is 0 Å². The number of carboxylic acids is 1. The number of sulfone groups is 1. The fourth-order valence-corrected chi connectivity index (χ4v) is 2.98. The minimum Gasteiger partial charge on any atom is -0.478 e. The molecule has 1 N–H and O–H groups in total. The van der Waals surface area contributed by atoms with Gasteiger partial charge in [0.1, 0.15) is 6.61 Å². The summed E-state index contributed by atoms with van der Waals surface area (Å²) < 4.78 is 28.7. The Morgan fingerprint density at radius 3 is 2.63 bits per heavy atom. The molecule has 0 amide bonds. The van der Waals surface area contributed by atoms with Crippen LogP contribution in [0.2, 0.25) is 5.02 Å². The third-order valence-corrected chi connectivity index (χ3v) is 4.06. The number of halogens is 1. The summed E-state index contributed by atoms with van der Waals surface area (Å²) in [5.74, 6) is -1.18. The number of rotatable bonds is 3. The van der Waals surface area contributed by atoms with Crippen LogP contribution in [0.15, 0.2) is 22.0 Å². The fourth-order valence-electron chi connectivity index (χ4n) is 1.72. The molecule has 0 aliphatic carbocycles. The second-order valence-electron chi connectivity index (χ2n) is 3.91. The van der Waals surface area contributed by atoms with Crippen LogP contribution in [-0.2, 0) is 14.6 Å². The van der Waals surface area contributed by atoms with E-state index < -0.39 is 15.8 Å². The van der Waals surface area contributed by atoms with Crippen LogP contribution in [0.1, 0.15) is 15.9 Å². The zero-order valence-corrected chi connectivity index (χ0v) is 11.5. The second kappa shape index (κ2) is 4.82. The molecule has 102 valence electrons. The molecule has 1 aromatic rings. The lowest BCUT2D eigenvalue weighted by Gasteiger charge is -2.11. The zero-order valence-electron chi connectivity index (χ0n) is 9.88.